The summed E-state index contributed by atoms with van der Waals surface area (Å²) < 4.78 is 0. The molecule has 4 saturated carbocycles. The first-order valence-electron chi connectivity index (χ1n) is 10.2. The van der Waals surface area contributed by atoms with Gasteiger partial charge in [-0.15, -0.1) is 0 Å². The molecule has 0 amide bonds. The van der Waals surface area contributed by atoms with E-state index >= 15 is 0 Å². The highest BCUT2D eigenvalue weighted by molar-refractivity contribution is 5.04. The van der Waals surface area contributed by atoms with Gasteiger partial charge in [0.2, 0.25) is 0 Å². The maximum Gasteiger partial charge on any atom is -0.0266 e. The minimum Gasteiger partial charge on any atom is -0.0683 e. The van der Waals surface area contributed by atoms with Crippen molar-refractivity contribution in [1.29, 1.82) is 0 Å². The Balaban J connectivity index is 0.000000636. The van der Waals surface area contributed by atoms with E-state index < -0.39 is 0 Å². The molecule has 4 aliphatic carbocycles. The summed E-state index contributed by atoms with van der Waals surface area (Å²) in [6, 6.07) is 0. The summed E-state index contributed by atoms with van der Waals surface area (Å²) in [6.07, 6.45) is 15.6. The van der Waals surface area contributed by atoms with Gasteiger partial charge in [-0.25, -0.2) is 0 Å². The Labute approximate surface area is 133 Å². The number of rotatable bonds is 0. The zero-order valence-electron chi connectivity index (χ0n) is 15.0. The van der Waals surface area contributed by atoms with E-state index in [9.17, 15) is 0 Å². The topological polar surface area (TPSA) is 0 Å². The molecular weight excluding hydrogens is 252 g/mol. The Morgan fingerprint density at radius 2 is 1.43 bits per heavy atom. The molecule has 4 fully saturated rings. The first-order valence-corrected chi connectivity index (χ1v) is 10.2. The largest absolute Gasteiger partial charge is 0.0683 e. The van der Waals surface area contributed by atoms with Crippen LogP contribution >= 0.6 is 0 Å². The second kappa shape index (κ2) is 6.25. The van der Waals surface area contributed by atoms with Crippen LogP contribution in [0.15, 0.2) is 0 Å². The van der Waals surface area contributed by atoms with Crippen molar-refractivity contribution in [3.63, 3.8) is 0 Å². The Kier molecular flexibility index (Phi) is 4.72. The molecule has 0 heterocycles. The zero-order chi connectivity index (χ0) is 15.0. The van der Waals surface area contributed by atoms with Crippen LogP contribution in [0, 0.1) is 40.9 Å². The quantitative estimate of drug-likeness (QED) is 0.466. The van der Waals surface area contributed by atoms with E-state index in [2.05, 4.69) is 13.8 Å². The van der Waals surface area contributed by atoms with Crippen molar-refractivity contribution in [2.24, 2.45) is 40.9 Å². The van der Waals surface area contributed by atoms with Crippen LogP contribution in [0.1, 0.15) is 91.9 Å². The molecule has 0 bridgehead atoms. The van der Waals surface area contributed by atoms with Gasteiger partial charge in [0.25, 0.3) is 0 Å². The van der Waals surface area contributed by atoms with Gasteiger partial charge in [-0.1, -0.05) is 47.0 Å². The minimum absolute atomic E-state index is 0.748. The first kappa shape index (κ1) is 15.9. The van der Waals surface area contributed by atoms with Gasteiger partial charge in [-0.3, -0.25) is 0 Å². The summed E-state index contributed by atoms with van der Waals surface area (Å²) in [5.41, 5.74) is 0.748. The summed E-state index contributed by atoms with van der Waals surface area (Å²) in [5.74, 6) is 6.63. The smallest absolute Gasteiger partial charge is 0.0266 e. The molecule has 0 aromatic carbocycles. The predicted molar refractivity (Wildman–Crippen MR) is 92.2 cm³/mol. The third kappa shape index (κ3) is 2.49. The van der Waals surface area contributed by atoms with Crippen LogP contribution in [0.5, 0.6) is 0 Å². The van der Waals surface area contributed by atoms with Crippen LogP contribution in [0.4, 0.5) is 0 Å². The molecule has 7 atom stereocenters. The fourth-order valence-electron chi connectivity index (χ4n) is 7.24. The highest BCUT2D eigenvalue weighted by Gasteiger charge is 2.54. The van der Waals surface area contributed by atoms with E-state index in [0.29, 0.717) is 0 Å². The van der Waals surface area contributed by atoms with Crippen LogP contribution in [0.3, 0.4) is 0 Å². The van der Waals surface area contributed by atoms with Crippen molar-refractivity contribution in [2.75, 3.05) is 0 Å². The highest BCUT2D eigenvalue weighted by Crippen LogP contribution is 2.63. The third-order valence-electron chi connectivity index (χ3n) is 8.26. The van der Waals surface area contributed by atoms with Crippen molar-refractivity contribution < 1.29 is 0 Å². The first-order chi connectivity index (χ1) is 10.2. The average Bonchev–Trinajstić information content (AvgIpc) is 2.90. The van der Waals surface area contributed by atoms with Crippen molar-refractivity contribution >= 4 is 0 Å². The van der Waals surface area contributed by atoms with Gasteiger partial charge in [-0.2, -0.15) is 0 Å². The van der Waals surface area contributed by atoms with Crippen LogP contribution in [0.2, 0.25) is 0 Å². The molecule has 4 rings (SSSR count). The number of hydrogen-bond acceptors (Lipinski definition) is 0. The molecule has 4 aliphatic rings. The molecule has 0 aromatic heterocycles. The summed E-state index contributed by atoms with van der Waals surface area (Å²) in [5, 5.41) is 0. The van der Waals surface area contributed by atoms with Gasteiger partial charge in [0.05, 0.1) is 0 Å². The van der Waals surface area contributed by atoms with Crippen molar-refractivity contribution in [3.05, 3.63) is 0 Å². The lowest BCUT2D eigenvalue weighted by Crippen LogP contribution is -2.50. The second-order valence-electron chi connectivity index (χ2n) is 8.76. The van der Waals surface area contributed by atoms with Gasteiger partial charge < -0.3 is 0 Å². The Morgan fingerprint density at radius 3 is 2.24 bits per heavy atom. The molecule has 0 aliphatic heterocycles. The van der Waals surface area contributed by atoms with E-state index in [1.54, 1.807) is 51.4 Å². The average molecular weight is 291 g/mol. The molecule has 0 radical (unpaired) electrons. The SMILES string of the molecule is CC.CC1CCC2C1CCC1C2CCC2CCCCC21C. The molecule has 21 heavy (non-hydrogen) atoms. The molecule has 122 valence electrons. The van der Waals surface area contributed by atoms with Crippen LogP contribution in [-0.4, -0.2) is 0 Å². The Hall–Kier alpha value is 0. The highest BCUT2D eigenvalue weighted by atomic mass is 14.6. The molecule has 0 spiro atoms. The van der Waals surface area contributed by atoms with E-state index in [-0.39, 0.29) is 0 Å². The summed E-state index contributed by atoms with van der Waals surface area (Å²) in [7, 11) is 0. The van der Waals surface area contributed by atoms with Crippen molar-refractivity contribution in [2.45, 2.75) is 91.9 Å². The Morgan fingerprint density at radius 1 is 0.714 bits per heavy atom. The minimum atomic E-state index is 0.748. The number of fused-ring (bicyclic) bond motifs is 5. The van der Waals surface area contributed by atoms with Gasteiger partial charge in [-0.05, 0) is 85.9 Å². The molecule has 7 unspecified atom stereocenters. The third-order valence-corrected chi connectivity index (χ3v) is 8.26. The lowest BCUT2D eigenvalue weighted by molar-refractivity contribution is -0.0863. The van der Waals surface area contributed by atoms with Crippen LogP contribution < -0.4 is 0 Å². The van der Waals surface area contributed by atoms with Gasteiger partial charge >= 0.3 is 0 Å². The summed E-state index contributed by atoms with van der Waals surface area (Å²) >= 11 is 0. The molecule has 0 N–H and O–H groups in total. The van der Waals surface area contributed by atoms with Crippen LogP contribution in [-0.2, 0) is 0 Å². The maximum absolute atomic E-state index is 2.70. The number of hydrogen-bond donors (Lipinski definition) is 0. The van der Waals surface area contributed by atoms with Crippen LogP contribution in [0.25, 0.3) is 0 Å². The summed E-state index contributed by atoms with van der Waals surface area (Å²) in [4.78, 5) is 0. The molecular formula is C21H38. The van der Waals surface area contributed by atoms with Gasteiger partial charge in [0.15, 0.2) is 0 Å². The fraction of sp³-hybridized carbons (Fsp3) is 1.00. The second-order valence-corrected chi connectivity index (χ2v) is 8.76. The van der Waals surface area contributed by atoms with Crippen molar-refractivity contribution in [3.8, 4) is 0 Å². The normalized spacial score (nSPS) is 52.0. The fourth-order valence-corrected chi connectivity index (χ4v) is 7.24. The molecule has 0 saturated heterocycles. The zero-order valence-corrected chi connectivity index (χ0v) is 15.0. The van der Waals surface area contributed by atoms with E-state index in [1.807, 2.05) is 13.8 Å². The predicted octanol–water partition coefficient (Wildman–Crippen LogP) is 6.69. The standard InChI is InChI=1S/C19H32.C2H6/c1-13-6-8-16-15(13)10-11-18-17(16)9-7-14-5-3-4-12-19(14,18)2;1-2/h13-18H,3-12H2,1-2H3;1-2H3. The molecule has 0 aromatic rings. The van der Waals surface area contributed by atoms with Crippen molar-refractivity contribution in [1.82, 2.24) is 0 Å². The molecule has 0 heteroatoms. The Bertz CT molecular complexity index is 346. The maximum atomic E-state index is 2.70. The van der Waals surface area contributed by atoms with Gasteiger partial charge in [0, 0.05) is 0 Å². The van der Waals surface area contributed by atoms with E-state index in [0.717, 1.165) is 40.9 Å². The monoisotopic (exact) mass is 290 g/mol. The lowest BCUT2D eigenvalue weighted by Gasteiger charge is -2.58. The van der Waals surface area contributed by atoms with Gasteiger partial charge in [0.1, 0.15) is 0 Å². The van der Waals surface area contributed by atoms with E-state index in [4.69, 9.17) is 0 Å². The van der Waals surface area contributed by atoms with E-state index in [1.165, 1.54) is 12.8 Å². The molecule has 0 nitrogen and oxygen atoms in total. The lowest BCUT2D eigenvalue weighted by atomic mass is 9.47. The summed E-state index contributed by atoms with van der Waals surface area (Å²) in [6.45, 7) is 9.24.